The van der Waals surface area contributed by atoms with Gasteiger partial charge in [-0.25, -0.2) is 4.98 Å². The number of nitrogens with two attached hydrogens (primary N) is 2. The van der Waals surface area contributed by atoms with Gasteiger partial charge >= 0.3 is 0 Å². The van der Waals surface area contributed by atoms with Crippen LogP contribution in [-0.2, 0) is 0 Å². The van der Waals surface area contributed by atoms with Gasteiger partial charge in [0.2, 0.25) is 5.95 Å². The summed E-state index contributed by atoms with van der Waals surface area (Å²) >= 11 is 0. The summed E-state index contributed by atoms with van der Waals surface area (Å²) in [5.74, 6) is 0.808. The van der Waals surface area contributed by atoms with E-state index in [1.54, 1.807) is 12.1 Å². The van der Waals surface area contributed by atoms with Crippen LogP contribution in [0.25, 0.3) is 0 Å². The van der Waals surface area contributed by atoms with E-state index in [0.717, 1.165) is 32.1 Å². The molecule has 1 aromatic heterocycles. The van der Waals surface area contributed by atoms with E-state index >= 15 is 0 Å². The first kappa shape index (κ1) is 20.5. The molecule has 1 amide bonds. The number of nitrogens with one attached hydrogen (secondary N) is 2. The molecule has 1 saturated heterocycles. The molecule has 2 heterocycles. The van der Waals surface area contributed by atoms with Crippen molar-refractivity contribution in [2.24, 2.45) is 11.5 Å². The highest BCUT2D eigenvalue weighted by Gasteiger charge is 2.21. The molecule has 0 unspecified atom stereocenters. The average molecular weight is 397 g/mol. The van der Waals surface area contributed by atoms with Crippen molar-refractivity contribution in [3.05, 3.63) is 35.5 Å². The van der Waals surface area contributed by atoms with Crippen molar-refractivity contribution in [3.63, 3.8) is 0 Å². The van der Waals surface area contributed by atoms with Crippen molar-refractivity contribution < 1.29 is 9.53 Å². The highest BCUT2D eigenvalue weighted by molar-refractivity contribution is 6.04. The number of rotatable bonds is 8. The molecule has 0 saturated carbocycles. The van der Waals surface area contributed by atoms with Gasteiger partial charge in [-0.15, -0.1) is 0 Å². The van der Waals surface area contributed by atoms with Crippen LogP contribution in [0.1, 0.15) is 41.7 Å². The second-order valence-electron chi connectivity index (χ2n) is 6.83. The summed E-state index contributed by atoms with van der Waals surface area (Å²) in [6.45, 7) is 2.57. The molecule has 2 aromatic rings. The maximum atomic E-state index is 12.1. The number of hydrogen-bond donors (Lipinski definition) is 4. The van der Waals surface area contributed by atoms with Gasteiger partial charge in [-0.05, 0) is 37.1 Å². The molecular weight excluding hydrogens is 370 g/mol. The van der Waals surface area contributed by atoms with E-state index in [-0.39, 0.29) is 11.3 Å². The summed E-state index contributed by atoms with van der Waals surface area (Å²) in [6, 6.07) is 7.23. The Morgan fingerprint density at radius 1 is 1.17 bits per heavy atom. The number of primary amides is 1. The molecule has 0 bridgehead atoms. The summed E-state index contributed by atoms with van der Waals surface area (Å²) in [5, 5.41) is 10.8. The third-order valence-electron chi connectivity index (χ3n) is 4.70. The lowest BCUT2D eigenvalue weighted by atomic mass is 10.2. The molecule has 1 aliphatic rings. The number of carbonyl (C=O) groups is 1. The van der Waals surface area contributed by atoms with Crippen LogP contribution in [0, 0.1) is 5.41 Å². The molecule has 1 fully saturated rings. The zero-order chi connectivity index (χ0) is 20.6. The topological polar surface area (TPSA) is 143 Å². The molecule has 9 heteroatoms. The van der Waals surface area contributed by atoms with Crippen LogP contribution in [0.4, 0.5) is 17.5 Å². The fourth-order valence-corrected chi connectivity index (χ4v) is 3.26. The van der Waals surface area contributed by atoms with E-state index in [9.17, 15) is 4.79 Å². The maximum Gasteiger partial charge on any atom is 0.254 e. The number of amides is 1. The van der Waals surface area contributed by atoms with Gasteiger partial charge in [0.15, 0.2) is 0 Å². The monoisotopic (exact) mass is 397 g/mol. The SMILES string of the molecule is N=Cc1nc(N2CCCCCC2)nc(Nc2ccc(OCCN)cc2)c1C(N)=O. The highest BCUT2D eigenvalue weighted by atomic mass is 16.5. The fraction of sp³-hybridized carbons (Fsp3) is 0.400. The van der Waals surface area contributed by atoms with Gasteiger partial charge in [-0.2, -0.15) is 4.98 Å². The lowest BCUT2D eigenvalue weighted by molar-refractivity contribution is 0.100. The maximum absolute atomic E-state index is 12.1. The summed E-state index contributed by atoms with van der Waals surface area (Å²) in [4.78, 5) is 23.2. The minimum atomic E-state index is -0.684. The third-order valence-corrected chi connectivity index (χ3v) is 4.70. The van der Waals surface area contributed by atoms with Crippen LogP contribution >= 0.6 is 0 Å². The number of hydrogen-bond acceptors (Lipinski definition) is 8. The van der Waals surface area contributed by atoms with Crippen molar-refractivity contribution in [2.45, 2.75) is 25.7 Å². The summed E-state index contributed by atoms with van der Waals surface area (Å²) < 4.78 is 5.48. The molecule has 0 atom stereocenters. The molecule has 6 N–H and O–H groups in total. The van der Waals surface area contributed by atoms with Crippen LogP contribution in [-0.4, -0.2) is 48.3 Å². The molecule has 154 valence electrons. The number of ether oxygens (including phenoxy) is 1. The Morgan fingerprint density at radius 2 is 1.86 bits per heavy atom. The van der Waals surface area contributed by atoms with Gasteiger partial charge in [-0.1, -0.05) is 12.8 Å². The average Bonchev–Trinajstić information content (AvgIpc) is 3.02. The van der Waals surface area contributed by atoms with Gasteiger partial charge in [0, 0.05) is 31.5 Å². The number of benzene rings is 1. The lowest BCUT2D eigenvalue weighted by Gasteiger charge is -2.22. The quantitative estimate of drug-likeness (QED) is 0.499. The van der Waals surface area contributed by atoms with E-state index in [4.69, 9.17) is 21.6 Å². The predicted octanol–water partition coefficient (Wildman–Crippen LogP) is 2.03. The molecule has 1 aromatic carbocycles. The molecule has 1 aliphatic heterocycles. The molecule has 0 radical (unpaired) electrons. The Balaban J connectivity index is 1.93. The molecule has 0 spiro atoms. The Kier molecular flexibility index (Phi) is 6.96. The van der Waals surface area contributed by atoms with Gasteiger partial charge in [0.25, 0.3) is 5.91 Å². The van der Waals surface area contributed by atoms with Gasteiger partial charge in [-0.3, -0.25) is 4.79 Å². The number of carbonyl (C=O) groups excluding carboxylic acids is 1. The van der Waals surface area contributed by atoms with Crippen molar-refractivity contribution >= 4 is 29.6 Å². The van der Waals surface area contributed by atoms with Gasteiger partial charge in [0.1, 0.15) is 29.4 Å². The Morgan fingerprint density at radius 3 is 2.45 bits per heavy atom. The highest BCUT2D eigenvalue weighted by Crippen LogP contribution is 2.26. The van der Waals surface area contributed by atoms with Crippen LogP contribution < -0.4 is 26.4 Å². The zero-order valence-corrected chi connectivity index (χ0v) is 16.4. The van der Waals surface area contributed by atoms with E-state index < -0.39 is 5.91 Å². The second-order valence-corrected chi connectivity index (χ2v) is 6.83. The number of aromatic nitrogens is 2. The summed E-state index contributed by atoms with van der Waals surface area (Å²) in [7, 11) is 0. The van der Waals surface area contributed by atoms with Crippen LogP contribution in [0.15, 0.2) is 24.3 Å². The van der Waals surface area contributed by atoms with Crippen LogP contribution in [0.2, 0.25) is 0 Å². The number of anilines is 3. The third kappa shape index (κ3) is 5.20. The predicted molar refractivity (Wildman–Crippen MR) is 113 cm³/mol. The second kappa shape index (κ2) is 9.83. The molecular formula is C20H27N7O2. The van der Waals surface area contributed by atoms with E-state index in [1.165, 1.54) is 12.8 Å². The van der Waals surface area contributed by atoms with E-state index in [2.05, 4.69) is 20.2 Å². The van der Waals surface area contributed by atoms with E-state index in [1.807, 2.05) is 12.1 Å². The number of nitrogens with zero attached hydrogens (tertiary/aromatic N) is 3. The van der Waals surface area contributed by atoms with E-state index in [0.29, 0.717) is 36.4 Å². The smallest absolute Gasteiger partial charge is 0.254 e. The van der Waals surface area contributed by atoms with Crippen molar-refractivity contribution in [2.75, 3.05) is 36.5 Å². The minimum Gasteiger partial charge on any atom is -0.492 e. The summed E-state index contributed by atoms with van der Waals surface area (Å²) in [5.41, 5.74) is 12.0. The first-order valence-electron chi connectivity index (χ1n) is 9.79. The lowest BCUT2D eigenvalue weighted by Crippen LogP contribution is -2.28. The Labute approximate surface area is 170 Å². The van der Waals surface area contributed by atoms with Gasteiger partial charge in [0.05, 0.1) is 0 Å². The van der Waals surface area contributed by atoms with Crippen LogP contribution in [0.3, 0.4) is 0 Å². The first-order chi connectivity index (χ1) is 14.1. The standard InChI is InChI=1S/C20H27N7O2/c21-9-12-29-15-7-5-14(6-8-15)24-19-17(18(23)28)16(13-22)25-20(26-19)27-10-3-1-2-4-11-27/h5-8,13,22H,1-4,9-12,21H2,(H2,23,28)(H,24,25,26). The first-order valence-corrected chi connectivity index (χ1v) is 9.79. The molecule has 9 nitrogen and oxygen atoms in total. The van der Waals surface area contributed by atoms with Crippen molar-refractivity contribution in [1.82, 2.24) is 9.97 Å². The fourth-order valence-electron chi connectivity index (χ4n) is 3.26. The Hall–Kier alpha value is -3.20. The van der Waals surface area contributed by atoms with Crippen LogP contribution in [0.5, 0.6) is 5.75 Å². The molecule has 29 heavy (non-hydrogen) atoms. The molecule has 3 rings (SSSR count). The molecule has 0 aliphatic carbocycles. The Bertz CT molecular complexity index is 847. The normalized spacial score (nSPS) is 14.2. The zero-order valence-electron chi connectivity index (χ0n) is 16.4. The summed E-state index contributed by atoms with van der Waals surface area (Å²) in [6.07, 6.45) is 5.52. The van der Waals surface area contributed by atoms with Gasteiger partial charge < -0.3 is 31.8 Å². The largest absolute Gasteiger partial charge is 0.492 e. The minimum absolute atomic E-state index is 0.0991. The van der Waals surface area contributed by atoms with Crippen molar-refractivity contribution in [1.29, 1.82) is 5.41 Å². The van der Waals surface area contributed by atoms with Crippen molar-refractivity contribution in [3.8, 4) is 5.75 Å².